The molecule has 130 valence electrons. The van der Waals surface area contributed by atoms with Crippen LogP contribution in [0.15, 0.2) is 60.7 Å². The van der Waals surface area contributed by atoms with E-state index in [2.05, 4.69) is 35.2 Å². The molecule has 2 aromatic rings. The second kappa shape index (κ2) is 7.09. The van der Waals surface area contributed by atoms with E-state index in [1.54, 1.807) is 12.1 Å². The predicted molar refractivity (Wildman–Crippen MR) is 97.4 cm³/mol. The molecular weight excluding hydrogens is 316 g/mol. The van der Waals surface area contributed by atoms with Crippen molar-refractivity contribution in [3.05, 3.63) is 77.4 Å². The lowest BCUT2D eigenvalue weighted by Gasteiger charge is -2.45. The van der Waals surface area contributed by atoms with Crippen molar-refractivity contribution in [2.24, 2.45) is 0 Å². The molecule has 2 bridgehead atoms. The number of alkyl halides is 2. The van der Waals surface area contributed by atoms with Gasteiger partial charge >= 0.3 is 0 Å². The highest BCUT2D eigenvalue weighted by Gasteiger charge is 2.34. The van der Waals surface area contributed by atoms with Crippen LogP contribution in [0, 0.1) is 0 Å². The molecule has 2 atom stereocenters. The molecule has 2 heterocycles. The van der Waals surface area contributed by atoms with Crippen LogP contribution >= 0.6 is 0 Å². The maximum atomic E-state index is 13.4. The van der Waals surface area contributed by atoms with Crippen LogP contribution in [-0.2, 0) is 6.54 Å². The minimum atomic E-state index is -2.42. The molecule has 0 radical (unpaired) electrons. The molecule has 0 aromatic heterocycles. The van der Waals surface area contributed by atoms with Gasteiger partial charge in [-0.3, -0.25) is 4.90 Å². The zero-order chi connectivity index (χ0) is 17.2. The van der Waals surface area contributed by atoms with Crippen LogP contribution in [0.5, 0.6) is 0 Å². The van der Waals surface area contributed by atoms with Crippen molar-refractivity contribution in [1.82, 2.24) is 4.90 Å². The van der Waals surface area contributed by atoms with Crippen molar-refractivity contribution in [3.8, 4) is 0 Å². The Hall–Kier alpha value is -2.00. The lowest BCUT2D eigenvalue weighted by molar-refractivity contribution is 0.0949. The van der Waals surface area contributed by atoms with Gasteiger partial charge in [0.2, 0.25) is 0 Å². The second-order valence-electron chi connectivity index (χ2n) is 7.09. The highest BCUT2D eigenvalue weighted by molar-refractivity contribution is 5.70. The van der Waals surface area contributed by atoms with Gasteiger partial charge in [0, 0.05) is 24.2 Å². The third kappa shape index (κ3) is 3.38. The summed E-state index contributed by atoms with van der Waals surface area (Å²) in [4.78, 5) is 2.56. The van der Waals surface area contributed by atoms with Crippen molar-refractivity contribution in [3.63, 3.8) is 0 Å². The van der Waals surface area contributed by atoms with E-state index in [1.807, 2.05) is 18.2 Å². The summed E-state index contributed by atoms with van der Waals surface area (Å²) in [5.74, 6) is 0. The van der Waals surface area contributed by atoms with E-state index in [1.165, 1.54) is 12.0 Å². The molecule has 0 amide bonds. The number of fused-ring (bicyclic) bond motifs is 2. The minimum absolute atomic E-state index is 0.170. The second-order valence-corrected chi connectivity index (χ2v) is 7.09. The van der Waals surface area contributed by atoms with Gasteiger partial charge in [0.1, 0.15) is 0 Å². The third-order valence-electron chi connectivity index (χ3n) is 5.53. The highest BCUT2D eigenvalue weighted by Crippen LogP contribution is 2.40. The predicted octanol–water partition coefficient (Wildman–Crippen LogP) is 5.83. The standard InChI is InChI=1S/C22H23F2N/c23-22(24)21-12-5-4-11-20(21)17-13-18-9-6-10-19(14-17)25(18)15-16-7-2-1-3-8-16/h1-5,7-8,11-13,18-19,22H,6,9-10,14-15H2. The molecule has 2 aliphatic heterocycles. The van der Waals surface area contributed by atoms with Gasteiger partial charge in [-0.05, 0) is 36.0 Å². The summed E-state index contributed by atoms with van der Waals surface area (Å²) in [6.45, 7) is 0.941. The Labute approximate surface area is 148 Å². The normalized spacial score (nSPS) is 23.6. The molecule has 2 unspecified atom stereocenters. The fourth-order valence-electron chi connectivity index (χ4n) is 4.34. The van der Waals surface area contributed by atoms with Crippen molar-refractivity contribution in [2.75, 3.05) is 0 Å². The molecule has 25 heavy (non-hydrogen) atoms. The zero-order valence-corrected chi connectivity index (χ0v) is 14.2. The fourth-order valence-corrected chi connectivity index (χ4v) is 4.34. The number of hydrogen-bond donors (Lipinski definition) is 0. The fraction of sp³-hybridized carbons (Fsp3) is 0.364. The van der Waals surface area contributed by atoms with Crippen molar-refractivity contribution >= 4 is 5.57 Å². The summed E-state index contributed by atoms with van der Waals surface area (Å²) >= 11 is 0. The van der Waals surface area contributed by atoms with Gasteiger partial charge in [-0.1, -0.05) is 67.1 Å². The van der Waals surface area contributed by atoms with Gasteiger partial charge in [-0.15, -0.1) is 0 Å². The Bertz CT molecular complexity index is 754. The first-order chi connectivity index (χ1) is 12.2. The van der Waals surface area contributed by atoms with Gasteiger partial charge in [-0.25, -0.2) is 8.78 Å². The lowest BCUT2D eigenvalue weighted by atomic mass is 9.81. The highest BCUT2D eigenvalue weighted by atomic mass is 19.3. The summed E-state index contributed by atoms with van der Waals surface area (Å²) in [5, 5.41) is 0. The van der Waals surface area contributed by atoms with E-state index >= 15 is 0 Å². The maximum Gasteiger partial charge on any atom is 0.264 e. The Kier molecular flexibility index (Phi) is 4.67. The molecule has 0 saturated carbocycles. The molecule has 4 rings (SSSR count). The summed E-state index contributed by atoms with van der Waals surface area (Å²) in [5.41, 5.74) is 3.34. The van der Waals surface area contributed by atoms with Crippen LogP contribution in [0.4, 0.5) is 8.78 Å². The van der Waals surface area contributed by atoms with Crippen LogP contribution in [0.25, 0.3) is 5.57 Å². The first-order valence-electron chi connectivity index (χ1n) is 9.10. The van der Waals surface area contributed by atoms with Crippen LogP contribution in [0.1, 0.15) is 48.8 Å². The molecule has 0 spiro atoms. The van der Waals surface area contributed by atoms with E-state index in [9.17, 15) is 8.78 Å². The number of piperidine rings is 1. The van der Waals surface area contributed by atoms with Gasteiger partial charge < -0.3 is 0 Å². The molecule has 1 nitrogen and oxygen atoms in total. The first kappa shape index (κ1) is 16.5. The largest absolute Gasteiger partial charge is 0.289 e. The number of nitrogens with zero attached hydrogens (tertiary/aromatic N) is 1. The Morgan fingerprint density at radius 2 is 1.72 bits per heavy atom. The van der Waals surface area contributed by atoms with Gasteiger partial charge in [-0.2, -0.15) is 0 Å². The van der Waals surface area contributed by atoms with Crippen molar-refractivity contribution in [2.45, 2.75) is 50.7 Å². The van der Waals surface area contributed by atoms with Gasteiger partial charge in [0.15, 0.2) is 0 Å². The molecule has 2 aromatic carbocycles. The van der Waals surface area contributed by atoms with Crippen molar-refractivity contribution < 1.29 is 8.78 Å². The SMILES string of the molecule is FC(F)c1ccccc1C1=CC2CCCC(C1)N2Cc1ccccc1. The number of hydrogen-bond acceptors (Lipinski definition) is 1. The number of benzene rings is 2. The molecule has 2 aliphatic rings. The lowest BCUT2D eigenvalue weighted by Crippen LogP contribution is -2.47. The van der Waals surface area contributed by atoms with E-state index in [4.69, 9.17) is 0 Å². The Morgan fingerprint density at radius 3 is 2.48 bits per heavy atom. The number of halogens is 2. The van der Waals surface area contributed by atoms with Crippen molar-refractivity contribution in [1.29, 1.82) is 0 Å². The Morgan fingerprint density at radius 1 is 0.960 bits per heavy atom. The van der Waals surface area contributed by atoms with Crippen LogP contribution < -0.4 is 0 Å². The minimum Gasteiger partial charge on any atom is -0.289 e. The zero-order valence-electron chi connectivity index (χ0n) is 14.2. The molecular formula is C22H23F2N. The molecule has 1 fully saturated rings. The topological polar surface area (TPSA) is 3.24 Å². The van der Waals surface area contributed by atoms with E-state index in [-0.39, 0.29) is 5.56 Å². The van der Waals surface area contributed by atoms with E-state index < -0.39 is 6.43 Å². The number of rotatable bonds is 4. The van der Waals surface area contributed by atoms with Crippen LogP contribution in [0.2, 0.25) is 0 Å². The average molecular weight is 339 g/mol. The molecule has 0 aliphatic carbocycles. The molecule has 0 N–H and O–H groups in total. The summed E-state index contributed by atoms with van der Waals surface area (Å²) in [6.07, 6.45) is 4.19. The first-order valence-corrected chi connectivity index (χ1v) is 9.10. The average Bonchev–Trinajstić information content (AvgIpc) is 2.62. The quantitative estimate of drug-likeness (QED) is 0.677. The summed E-state index contributed by atoms with van der Waals surface area (Å²) in [6, 6.07) is 18.3. The smallest absolute Gasteiger partial charge is 0.264 e. The van der Waals surface area contributed by atoms with E-state index in [0.29, 0.717) is 12.1 Å². The van der Waals surface area contributed by atoms with Crippen LogP contribution in [-0.4, -0.2) is 17.0 Å². The van der Waals surface area contributed by atoms with E-state index in [0.717, 1.165) is 36.9 Å². The van der Waals surface area contributed by atoms with Crippen LogP contribution in [0.3, 0.4) is 0 Å². The van der Waals surface area contributed by atoms with Gasteiger partial charge in [0.25, 0.3) is 6.43 Å². The maximum absolute atomic E-state index is 13.4. The molecule has 1 saturated heterocycles. The summed E-state index contributed by atoms with van der Waals surface area (Å²) in [7, 11) is 0. The molecule has 3 heteroatoms. The third-order valence-corrected chi connectivity index (χ3v) is 5.53. The van der Waals surface area contributed by atoms with Gasteiger partial charge in [0.05, 0.1) is 0 Å². The monoisotopic (exact) mass is 339 g/mol. The summed E-state index contributed by atoms with van der Waals surface area (Å²) < 4.78 is 26.8. The Balaban J connectivity index is 1.64.